The number of aromatic nitrogens is 3. The largest absolute Gasteiger partial charge is 0.465 e. The van der Waals surface area contributed by atoms with E-state index in [1.165, 1.54) is 12.7 Å². The fourth-order valence-corrected chi connectivity index (χ4v) is 2.83. The lowest BCUT2D eigenvalue weighted by molar-refractivity contribution is 0.0600. The third kappa shape index (κ3) is 4.26. The van der Waals surface area contributed by atoms with Gasteiger partial charge in [-0.2, -0.15) is 14.9 Å². The summed E-state index contributed by atoms with van der Waals surface area (Å²) in [4.78, 5) is 11.5. The van der Waals surface area contributed by atoms with Crippen molar-refractivity contribution in [1.29, 1.82) is 0 Å². The summed E-state index contributed by atoms with van der Waals surface area (Å²) in [6, 6.07) is 15.2. The SMILES string of the molecule is COC(=O)c1ccc(/C=N\n2c(-c3ccc(C(C)(C)C)cc3)n[nH]c2=S)cc1. The molecule has 3 rings (SSSR count). The molecule has 1 N–H and O–H groups in total. The van der Waals surface area contributed by atoms with E-state index >= 15 is 0 Å². The number of H-pyrrole nitrogens is 1. The molecule has 6 nitrogen and oxygen atoms in total. The van der Waals surface area contributed by atoms with Crippen LogP contribution < -0.4 is 0 Å². The highest BCUT2D eigenvalue weighted by molar-refractivity contribution is 7.71. The Balaban J connectivity index is 1.88. The second-order valence-corrected chi connectivity index (χ2v) is 7.74. The Morgan fingerprint density at radius 3 is 2.36 bits per heavy atom. The van der Waals surface area contributed by atoms with Crippen LogP contribution in [0, 0.1) is 4.77 Å². The Morgan fingerprint density at radius 1 is 1.14 bits per heavy atom. The van der Waals surface area contributed by atoms with Gasteiger partial charge in [0.1, 0.15) is 0 Å². The lowest BCUT2D eigenvalue weighted by atomic mass is 9.87. The Kier molecular flexibility index (Phi) is 5.56. The molecule has 28 heavy (non-hydrogen) atoms. The van der Waals surface area contributed by atoms with Crippen LogP contribution in [0.2, 0.25) is 0 Å². The molecule has 0 fully saturated rings. The Bertz CT molecular complexity index is 1060. The summed E-state index contributed by atoms with van der Waals surface area (Å²) in [5.74, 6) is 0.259. The number of benzene rings is 2. The van der Waals surface area contributed by atoms with Crippen molar-refractivity contribution in [2.45, 2.75) is 26.2 Å². The third-order valence-electron chi connectivity index (χ3n) is 4.31. The van der Waals surface area contributed by atoms with Crippen molar-refractivity contribution in [2.24, 2.45) is 5.10 Å². The van der Waals surface area contributed by atoms with E-state index in [1.54, 1.807) is 35.2 Å². The number of nitrogens with one attached hydrogen (secondary N) is 1. The van der Waals surface area contributed by atoms with Crippen LogP contribution in [0.25, 0.3) is 11.4 Å². The molecule has 1 aromatic heterocycles. The highest BCUT2D eigenvalue weighted by atomic mass is 32.1. The number of hydrogen-bond donors (Lipinski definition) is 1. The normalized spacial score (nSPS) is 11.7. The second kappa shape index (κ2) is 7.90. The molecular weight excluding hydrogens is 372 g/mol. The number of carbonyl (C=O) groups excluding carboxylic acids is 1. The van der Waals surface area contributed by atoms with Crippen molar-refractivity contribution in [3.8, 4) is 11.4 Å². The fraction of sp³-hybridized carbons (Fsp3) is 0.238. The zero-order chi connectivity index (χ0) is 20.3. The van der Waals surface area contributed by atoms with Gasteiger partial charge < -0.3 is 4.74 Å². The predicted molar refractivity (Wildman–Crippen MR) is 112 cm³/mol. The Hall–Kier alpha value is -3.06. The highest BCUT2D eigenvalue weighted by Gasteiger charge is 2.14. The molecule has 2 aromatic carbocycles. The van der Waals surface area contributed by atoms with Crippen molar-refractivity contribution in [2.75, 3.05) is 7.11 Å². The molecular formula is C21H22N4O2S. The average molecular weight is 394 g/mol. The van der Waals surface area contributed by atoms with Gasteiger partial charge in [0, 0.05) is 5.56 Å². The van der Waals surface area contributed by atoms with Gasteiger partial charge in [0.25, 0.3) is 0 Å². The van der Waals surface area contributed by atoms with E-state index in [0.29, 0.717) is 16.2 Å². The van der Waals surface area contributed by atoms with Gasteiger partial charge in [-0.25, -0.2) is 9.89 Å². The molecule has 0 amide bonds. The molecule has 0 radical (unpaired) electrons. The van der Waals surface area contributed by atoms with E-state index in [0.717, 1.165) is 11.1 Å². The number of rotatable bonds is 4. The van der Waals surface area contributed by atoms with Gasteiger partial charge in [-0.3, -0.25) is 0 Å². The maximum absolute atomic E-state index is 11.5. The molecule has 144 valence electrons. The number of carbonyl (C=O) groups is 1. The van der Waals surface area contributed by atoms with Crippen molar-refractivity contribution in [3.05, 3.63) is 70.0 Å². The molecule has 0 bridgehead atoms. The van der Waals surface area contributed by atoms with Gasteiger partial charge in [-0.1, -0.05) is 57.2 Å². The van der Waals surface area contributed by atoms with Crippen LogP contribution in [-0.2, 0) is 10.2 Å². The molecule has 7 heteroatoms. The second-order valence-electron chi connectivity index (χ2n) is 7.35. The maximum atomic E-state index is 11.5. The van der Waals surface area contributed by atoms with Crippen LogP contribution in [-0.4, -0.2) is 34.2 Å². The van der Waals surface area contributed by atoms with Gasteiger partial charge in [0.05, 0.1) is 18.9 Å². The topological polar surface area (TPSA) is 72.3 Å². The van der Waals surface area contributed by atoms with Crippen LogP contribution in [0.1, 0.15) is 42.3 Å². The third-order valence-corrected chi connectivity index (χ3v) is 4.58. The van der Waals surface area contributed by atoms with Crippen LogP contribution in [0.3, 0.4) is 0 Å². The maximum Gasteiger partial charge on any atom is 0.337 e. The van der Waals surface area contributed by atoms with E-state index in [-0.39, 0.29) is 11.4 Å². The molecule has 0 aliphatic heterocycles. The van der Waals surface area contributed by atoms with Crippen LogP contribution >= 0.6 is 12.2 Å². The minimum Gasteiger partial charge on any atom is -0.465 e. The van der Waals surface area contributed by atoms with Crippen molar-refractivity contribution < 1.29 is 9.53 Å². The number of aromatic amines is 1. The first kappa shape index (κ1) is 19.7. The van der Waals surface area contributed by atoms with E-state index in [9.17, 15) is 4.79 Å². The summed E-state index contributed by atoms with van der Waals surface area (Å²) >= 11 is 5.31. The fourth-order valence-electron chi connectivity index (χ4n) is 2.65. The van der Waals surface area contributed by atoms with Crippen LogP contribution in [0.5, 0.6) is 0 Å². The Labute approximate surface area is 168 Å². The van der Waals surface area contributed by atoms with Gasteiger partial charge >= 0.3 is 5.97 Å². The van der Waals surface area contributed by atoms with Crippen molar-refractivity contribution >= 4 is 24.4 Å². The number of hydrogen-bond acceptors (Lipinski definition) is 5. The lowest BCUT2D eigenvalue weighted by Crippen LogP contribution is -2.10. The van der Waals surface area contributed by atoms with Gasteiger partial charge in [-0.15, -0.1) is 0 Å². The molecule has 0 atom stereocenters. The van der Waals surface area contributed by atoms with Crippen LogP contribution in [0.4, 0.5) is 0 Å². The standard InChI is InChI=1S/C21H22N4O2S/c1-21(2,3)17-11-9-15(10-12-17)18-23-24-20(28)25(18)22-13-14-5-7-16(8-6-14)19(26)27-4/h5-13H,1-4H3,(H,24,28)/b22-13-. The smallest absolute Gasteiger partial charge is 0.337 e. The van der Waals surface area contributed by atoms with Crippen molar-refractivity contribution in [3.63, 3.8) is 0 Å². The monoisotopic (exact) mass is 394 g/mol. The summed E-state index contributed by atoms with van der Waals surface area (Å²) in [6.07, 6.45) is 1.67. The minimum atomic E-state index is -0.374. The number of methoxy groups -OCH3 is 1. The zero-order valence-electron chi connectivity index (χ0n) is 16.3. The number of nitrogens with zero attached hydrogens (tertiary/aromatic N) is 3. The molecule has 3 aromatic rings. The lowest BCUT2D eigenvalue weighted by Gasteiger charge is -2.18. The molecule has 0 saturated heterocycles. The predicted octanol–water partition coefficient (Wildman–Crippen LogP) is 4.57. The van der Waals surface area contributed by atoms with Crippen LogP contribution in [0.15, 0.2) is 53.6 Å². The molecule has 0 spiro atoms. The summed E-state index contributed by atoms with van der Waals surface area (Å²) in [5, 5.41) is 11.6. The quantitative estimate of drug-likeness (QED) is 0.400. The van der Waals surface area contributed by atoms with Gasteiger partial charge in [-0.05, 0) is 40.9 Å². The molecule has 1 heterocycles. The summed E-state index contributed by atoms with van der Waals surface area (Å²) < 4.78 is 6.68. The first-order valence-electron chi connectivity index (χ1n) is 8.80. The zero-order valence-corrected chi connectivity index (χ0v) is 17.1. The summed E-state index contributed by atoms with van der Waals surface area (Å²) in [7, 11) is 1.36. The van der Waals surface area contributed by atoms with Gasteiger partial charge in [0.2, 0.25) is 4.77 Å². The first-order chi connectivity index (χ1) is 13.3. The Morgan fingerprint density at radius 2 is 1.79 bits per heavy atom. The van der Waals surface area contributed by atoms with E-state index < -0.39 is 0 Å². The van der Waals surface area contributed by atoms with Crippen molar-refractivity contribution in [1.82, 2.24) is 14.9 Å². The number of ether oxygens (including phenoxy) is 1. The molecule has 0 saturated carbocycles. The average Bonchev–Trinajstić information content (AvgIpc) is 3.06. The molecule has 0 aliphatic rings. The van der Waals surface area contributed by atoms with Gasteiger partial charge in [0.15, 0.2) is 5.82 Å². The van der Waals surface area contributed by atoms with E-state index in [1.807, 2.05) is 12.1 Å². The minimum absolute atomic E-state index is 0.0811. The van der Waals surface area contributed by atoms with E-state index in [4.69, 9.17) is 17.0 Å². The highest BCUT2D eigenvalue weighted by Crippen LogP contribution is 2.25. The summed E-state index contributed by atoms with van der Waals surface area (Å²) in [5.41, 5.74) is 3.55. The first-order valence-corrected chi connectivity index (χ1v) is 9.21. The molecule has 0 aliphatic carbocycles. The molecule has 0 unspecified atom stereocenters. The summed E-state index contributed by atoms with van der Waals surface area (Å²) in [6.45, 7) is 6.52. The van der Waals surface area contributed by atoms with E-state index in [2.05, 4.69) is 48.2 Å². The number of esters is 1.